The van der Waals surface area contributed by atoms with Gasteiger partial charge in [0.25, 0.3) is 8.53 Å². The Labute approximate surface area is 288 Å². The predicted molar refractivity (Wildman–Crippen MR) is 193 cm³/mol. The van der Waals surface area contributed by atoms with Crippen LogP contribution in [0.5, 0.6) is 11.5 Å². The first-order valence-electron chi connectivity index (χ1n) is 16.6. The summed E-state index contributed by atoms with van der Waals surface area (Å²) in [6, 6.07) is 38.0. The lowest BCUT2D eigenvalue weighted by Gasteiger charge is -2.36. The van der Waals surface area contributed by atoms with E-state index in [1.54, 1.807) is 14.2 Å². The molecule has 0 fully saturated rings. The van der Waals surface area contributed by atoms with E-state index < -0.39 is 14.1 Å². The average molecular weight is 669 g/mol. The summed E-state index contributed by atoms with van der Waals surface area (Å²) in [4.78, 5) is 0. The van der Waals surface area contributed by atoms with E-state index in [-0.39, 0.29) is 12.1 Å². The van der Waals surface area contributed by atoms with E-state index in [1.807, 2.05) is 42.5 Å². The van der Waals surface area contributed by atoms with Crippen LogP contribution in [-0.2, 0) is 32.2 Å². The maximum Gasteiger partial charge on any atom is 0.259 e. The van der Waals surface area contributed by atoms with Gasteiger partial charge in [0.2, 0.25) is 0 Å². The van der Waals surface area contributed by atoms with E-state index in [1.165, 1.54) is 11.1 Å². The van der Waals surface area contributed by atoms with Crippen LogP contribution in [0.1, 0.15) is 61.9 Å². The summed E-state index contributed by atoms with van der Waals surface area (Å²) in [6.45, 7) is 10.00. The molecule has 0 radical (unpaired) electrons. The molecule has 1 atom stereocenters. The molecule has 254 valence electrons. The minimum absolute atomic E-state index is 0.273. The third-order valence-corrected chi connectivity index (χ3v) is 10.3. The highest BCUT2D eigenvalue weighted by molar-refractivity contribution is 7.44. The van der Waals surface area contributed by atoms with E-state index in [9.17, 15) is 0 Å². The van der Waals surface area contributed by atoms with Gasteiger partial charge in [-0.1, -0.05) is 78.9 Å². The normalized spacial score (nSPS) is 12.3. The second kappa shape index (κ2) is 18.7. The SMILES string of the molecule is COc1ccc(C(OCCc2ccc(CCOP(OCCC#N)N(C(C)C)C(C)C)cc2)(c2ccccc2)c2ccc(OC)cc2)cc1. The fraction of sp³-hybridized carbons (Fsp3) is 0.375. The van der Waals surface area contributed by atoms with Gasteiger partial charge in [0.1, 0.15) is 17.1 Å². The van der Waals surface area contributed by atoms with Crippen LogP contribution < -0.4 is 9.47 Å². The standard InChI is InChI=1S/C40H49N2O5P/c1-31(2)42(32(3)4)48(46-28-10-27-41)47-30-26-34-15-13-33(14-16-34)25-29-45-40(35-11-8-7-9-12-35,36-17-21-38(43-5)22-18-36)37-19-23-39(44-6)24-20-37/h7-9,11-24,31-32H,10,25-26,28-30H2,1-6H3. The Hall–Kier alpha value is -3.76. The molecule has 4 rings (SSSR count). The summed E-state index contributed by atoms with van der Waals surface area (Å²) in [5.74, 6) is 1.59. The van der Waals surface area contributed by atoms with Crippen molar-refractivity contribution in [1.82, 2.24) is 4.67 Å². The van der Waals surface area contributed by atoms with Gasteiger partial charge in [-0.3, -0.25) is 0 Å². The predicted octanol–water partition coefficient (Wildman–Crippen LogP) is 9.09. The summed E-state index contributed by atoms with van der Waals surface area (Å²) in [5.41, 5.74) is 4.62. The molecule has 0 aliphatic carbocycles. The second-order valence-corrected chi connectivity index (χ2v) is 13.5. The van der Waals surface area contributed by atoms with Crippen molar-refractivity contribution in [1.29, 1.82) is 5.26 Å². The van der Waals surface area contributed by atoms with Crippen LogP contribution >= 0.6 is 8.53 Å². The van der Waals surface area contributed by atoms with Crippen molar-refractivity contribution < 1.29 is 23.3 Å². The van der Waals surface area contributed by atoms with Crippen molar-refractivity contribution in [3.8, 4) is 17.6 Å². The lowest BCUT2D eigenvalue weighted by molar-refractivity contribution is 0.0147. The van der Waals surface area contributed by atoms with Crippen LogP contribution in [0.3, 0.4) is 0 Å². The molecule has 0 heterocycles. The van der Waals surface area contributed by atoms with Crippen LogP contribution in [0.4, 0.5) is 0 Å². The molecule has 8 heteroatoms. The van der Waals surface area contributed by atoms with Crippen molar-refractivity contribution in [3.63, 3.8) is 0 Å². The van der Waals surface area contributed by atoms with Gasteiger partial charge in [-0.05, 0) is 92.6 Å². The van der Waals surface area contributed by atoms with Crippen LogP contribution in [0.25, 0.3) is 0 Å². The van der Waals surface area contributed by atoms with Crippen molar-refractivity contribution in [2.24, 2.45) is 0 Å². The summed E-state index contributed by atoms with van der Waals surface area (Å²) in [5, 5.41) is 8.98. The van der Waals surface area contributed by atoms with E-state index in [2.05, 4.69) is 99.1 Å². The Balaban J connectivity index is 1.48. The number of ether oxygens (including phenoxy) is 3. The molecule has 1 unspecified atom stereocenters. The quantitative estimate of drug-likeness (QED) is 0.0561. The fourth-order valence-electron chi connectivity index (χ4n) is 5.82. The zero-order valence-electron chi connectivity index (χ0n) is 29.1. The van der Waals surface area contributed by atoms with E-state index in [4.69, 9.17) is 28.5 Å². The maximum atomic E-state index is 8.98. The topological polar surface area (TPSA) is 73.2 Å². The summed E-state index contributed by atoms with van der Waals surface area (Å²) >= 11 is 0. The second-order valence-electron chi connectivity index (χ2n) is 12.0. The Bertz CT molecular complexity index is 1480. The Morgan fingerprint density at radius 3 is 1.54 bits per heavy atom. The molecule has 48 heavy (non-hydrogen) atoms. The molecule has 0 amide bonds. The monoisotopic (exact) mass is 668 g/mol. The first kappa shape index (κ1) is 37.1. The molecular weight excluding hydrogens is 619 g/mol. The van der Waals surface area contributed by atoms with Crippen molar-refractivity contribution >= 4 is 8.53 Å². The number of methoxy groups -OCH3 is 2. The molecule has 0 bridgehead atoms. The van der Waals surface area contributed by atoms with Gasteiger partial charge in [0.05, 0.1) is 46.5 Å². The highest BCUT2D eigenvalue weighted by atomic mass is 31.2. The molecule has 0 aliphatic heterocycles. The summed E-state index contributed by atoms with van der Waals surface area (Å²) in [7, 11) is 2.10. The van der Waals surface area contributed by atoms with Crippen LogP contribution in [0, 0.1) is 11.3 Å². The molecule has 0 N–H and O–H groups in total. The number of hydrogen-bond acceptors (Lipinski definition) is 7. The van der Waals surface area contributed by atoms with Gasteiger partial charge in [-0.15, -0.1) is 0 Å². The summed E-state index contributed by atoms with van der Waals surface area (Å²) in [6.07, 6.45) is 1.87. The molecule has 4 aromatic carbocycles. The van der Waals surface area contributed by atoms with Crippen LogP contribution in [-0.4, -0.2) is 50.8 Å². The number of nitrogens with zero attached hydrogens (tertiary/aromatic N) is 2. The average Bonchev–Trinajstić information content (AvgIpc) is 3.11. The van der Waals surface area contributed by atoms with Gasteiger partial charge < -0.3 is 23.3 Å². The number of benzene rings is 4. The number of rotatable bonds is 19. The van der Waals surface area contributed by atoms with Gasteiger partial charge in [-0.25, -0.2) is 4.67 Å². The molecule has 0 aliphatic rings. The van der Waals surface area contributed by atoms with E-state index in [0.29, 0.717) is 26.2 Å². The highest BCUT2D eigenvalue weighted by Crippen LogP contribution is 2.46. The van der Waals surface area contributed by atoms with E-state index in [0.717, 1.165) is 41.0 Å². The minimum Gasteiger partial charge on any atom is -0.497 e. The van der Waals surface area contributed by atoms with Crippen molar-refractivity contribution in [2.45, 2.75) is 64.6 Å². The minimum atomic E-state index is -1.25. The summed E-state index contributed by atoms with van der Waals surface area (Å²) < 4.78 is 32.5. The van der Waals surface area contributed by atoms with Gasteiger partial charge in [0, 0.05) is 12.1 Å². The molecule has 4 aromatic rings. The lowest BCUT2D eigenvalue weighted by Crippen LogP contribution is -2.33. The molecular formula is C40H49N2O5P. The van der Waals surface area contributed by atoms with Crippen LogP contribution in [0.15, 0.2) is 103 Å². The first-order chi connectivity index (χ1) is 23.3. The fourth-order valence-corrected chi connectivity index (χ4v) is 7.41. The zero-order valence-corrected chi connectivity index (χ0v) is 30.0. The Morgan fingerprint density at radius 2 is 1.08 bits per heavy atom. The lowest BCUT2D eigenvalue weighted by atomic mass is 9.80. The zero-order chi connectivity index (χ0) is 34.4. The van der Waals surface area contributed by atoms with Gasteiger partial charge >= 0.3 is 0 Å². The van der Waals surface area contributed by atoms with Crippen molar-refractivity contribution in [2.75, 3.05) is 34.0 Å². The highest BCUT2D eigenvalue weighted by Gasteiger charge is 2.37. The maximum absolute atomic E-state index is 8.98. The van der Waals surface area contributed by atoms with Crippen LogP contribution in [0.2, 0.25) is 0 Å². The Kier molecular flexibility index (Phi) is 14.4. The van der Waals surface area contributed by atoms with Gasteiger partial charge in [0.15, 0.2) is 0 Å². The van der Waals surface area contributed by atoms with Crippen molar-refractivity contribution in [3.05, 3.63) is 131 Å². The smallest absolute Gasteiger partial charge is 0.259 e. The first-order valence-corrected chi connectivity index (χ1v) is 17.7. The number of hydrogen-bond donors (Lipinski definition) is 0. The molecule has 0 spiro atoms. The van der Waals surface area contributed by atoms with E-state index >= 15 is 0 Å². The number of nitriles is 1. The molecule has 0 saturated heterocycles. The Morgan fingerprint density at radius 1 is 0.625 bits per heavy atom. The molecule has 7 nitrogen and oxygen atoms in total. The largest absolute Gasteiger partial charge is 0.497 e. The third kappa shape index (κ3) is 9.66. The molecule has 0 saturated carbocycles. The van der Waals surface area contributed by atoms with Gasteiger partial charge in [-0.2, -0.15) is 5.26 Å². The third-order valence-electron chi connectivity index (χ3n) is 8.16. The molecule has 0 aromatic heterocycles.